The molecule has 0 aliphatic carbocycles. The van der Waals surface area contributed by atoms with Crippen LogP contribution in [0.4, 0.5) is 8.78 Å². The molecule has 1 N–H and O–H groups in total. The van der Waals surface area contributed by atoms with Gasteiger partial charge in [0.2, 0.25) is 11.7 Å². The number of hydrogen-bond acceptors (Lipinski definition) is 4. The van der Waals surface area contributed by atoms with Crippen LogP contribution in [-0.4, -0.2) is 23.2 Å². The van der Waals surface area contributed by atoms with E-state index in [0.717, 1.165) is 32.0 Å². The minimum atomic E-state index is -0.653. The molecule has 1 aromatic carbocycles. The Hall–Kier alpha value is -1.82. The lowest BCUT2D eigenvalue weighted by Gasteiger charge is -2.30. The van der Waals surface area contributed by atoms with E-state index in [1.807, 2.05) is 0 Å². The van der Waals surface area contributed by atoms with E-state index in [-0.39, 0.29) is 16.8 Å². The highest BCUT2D eigenvalue weighted by molar-refractivity contribution is 5.54. The van der Waals surface area contributed by atoms with Gasteiger partial charge in [0.05, 0.1) is 0 Å². The van der Waals surface area contributed by atoms with Crippen LogP contribution in [0.3, 0.4) is 0 Å². The summed E-state index contributed by atoms with van der Waals surface area (Å²) in [5.74, 6) is -0.560. The van der Waals surface area contributed by atoms with Crippen LogP contribution < -0.4 is 5.32 Å². The highest BCUT2D eigenvalue weighted by Gasteiger charge is 2.34. The van der Waals surface area contributed by atoms with Gasteiger partial charge in [0.15, 0.2) is 0 Å². The van der Waals surface area contributed by atoms with Crippen LogP contribution in [0.1, 0.15) is 25.7 Å². The van der Waals surface area contributed by atoms with Crippen molar-refractivity contribution in [1.29, 1.82) is 0 Å². The topological polar surface area (TPSA) is 51.0 Å². The zero-order valence-electron chi connectivity index (χ0n) is 11.1. The van der Waals surface area contributed by atoms with Crippen molar-refractivity contribution in [2.24, 2.45) is 0 Å². The van der Waals surface area contributed by atoms with E-state index < -0.39 is 11.6 Å². The van der Waals surface area contributed by atoms with Crippen LogP contribution in [0.2, 0.25) is 0 Å². The maximum atomic E-state index is 13.2. The molecule has 0 spiro atoms. The minimum absolute atomic E-state index is 0.178. The fourth-order valence-electron chi connectivity index (χ4n) is 2.46. The van der Waals surface area contributed by atoms with Gasteiger partial charge in [-0.2, -0.15) is 4.98 Å². The lowest BCUT2D eigenvalue weighted by molar-refractivity contribution is 0.241. The van der Waals surface area contributed by atoms with Gasteiger partial charge < -0.3 is 9.84 Å². The van der Waals surface area contributed by atoms with Crippen molar-refractivity contribution in [3.8, 4) is 11.4 Å². The molecule has 6 heteroatoms. The van der Waals surface area contributed by atoms with Crippen LogP contribution in [0, 0.1) is 11.6 Å². The SMILES string of the molecule is CC1(c2nc(-c3cc(F)cc(F)c3)no2)CCNCC1. The van der Waals surface area contributed by atoms with Crippen LogP contribution in [0.15, 0.2) is 22.7 Å². The van der Waals surface area contributed by atoms with E-state index in [0.29, 0.717) is 5.89 Å². The summed E-state index contributed by atoms with van der Waals surface area (Å²) in [5.41, 5.74) is 0.109. The lowest BCUT2D eigenvalue weighted by Crippen LogP contribution is -2.37. The Morgan fingerprint density at radius 3 is 2.45 bits per heavy atom. The summed E-state index contributed by atoms with van der Waals surface area (Å²) in [7, 11) is 0. The summed E-state index contributed by atoms with van der Waals surface area (Å²) in [6.45, 7) is 3.85. The molecular weight excluding hydrogens is 264 g/mol. The van der Waals surface area contributed by atoms with E-state index >= 15 is 0 Å². The van der Waals surface area contributed by atoms with Gasteiger partial charge in [-0.15, -0.1) is 0 Å². The first kappa shape index (κ1) is 13.2. The van der Waals surface area contributed by atoms with Crippen LogP contribution in [0.25, 0.3) is 11.4 Å². The van der Waals surface area contributed by atoms with Crippen molar-refractivity contribution < 1.29 is 13.3 Å². The Morgan fingerprint density at radius 2 is 1.80 bits per heavy atom. The Kier molecular flexibility index (Phi) is 3.25. The molecule has 20 heavy (non-hydrogen) atoms. The molecular formula is C14H15F2N3O. The first-order valence-electron chi connectivity index (χ1n) is 6.58. The average Bonchev–Trinajstić information content (AvgIpc) is 2.89. The van der Waals surface area contributed by atoms with Gasteiger partial charge in [0.1, 0.15) is 11.6 Å². The third-order valence-corrected chi connectivity index (χ3v) is 3.77. The number of nitrogens with zero attached hydrogens (tertiary/aromatic N) is 2. The molecule has 0 bridgehead atoms. The molecule has 0 radical (unpaired) electrons. The van der Waals surface area contributed by atoms with Crippen molar-refractivity contribution in [2.75, 3.05) is 13.1 Å². The molecule has 2 heterocycles. The normalized spacial score (nSPS) is 18.1. The highest BCUT2D eigenvalue weighted by Crippen LogP contribution is 2.32. The number of rotatable bonds is 2. The molecule has 1 saturated heterocycles. The standard InChI is InChI=1S/C14H15F2N3O/c1-14(2-4-17-5-3-14)13-18-12(19-20-13)9-6-10(15)8-11(16)7-9/h6-8,17H,2-5H2,1H3. The number of benzene rings is 1. The van der Waals surface area contributed by atoms with E-state index in [9.17, 15) is 8.78 Å². The molecule has 4 nitrogen and oxygen atoms in total. The van der Waals surface area contributed by atoms with Crippen molar-refractivity contribution in [1.82, 2.24) is 15.5 Å². The Labute approximate surface area is 115 Å². The van der Waals surface area contributed by atoms with Crippen LogP contribution >= 0.6 is 0 Å². The summed E-state index contributed by atoms with van der Waals surface area (Å²) in [5, 5.41) is 7.12. The van der Waals surface area contributed by atoms with Crippen LogP contribution in [-0.2, 0) is 5.41 Å². The Morgan fingerprint density at radius 1 is 1.15 bits per heavy atom. The zero-order chi connectivity index (χ0) is 14.2. The molecule has 1 aromatic heterocycles. The predicted octanol–water partition coefficient (Wildman–Crippen LogP) is 2.66. The summed E-state index contributed by atoms with van der Waals surface area (Å²) in [6.07, 6.45) is 1.79. The number of aromatic nitrogens is 2. The second-order valence-corrected chi connectivity index (χ2v) is 5.39. The summed E-state index contributed by atoms with van der Waals surface area (Å²) in [4.78, 5) is 4.32. The largest absolute Gasteiger partial charge is 0.338 e. The van der Waals surface area contributed by atoms with Crippen molar-refractivity contribution in [3.63, 3.8) is 0 Å². The third kappa shape index (κ3) is 2.43. The minimum Gasteiger partial charge on any atom is -0.338 e. The molecule has 0 saturated carbocycles. The molecule has 2 aromatic rings. The van der Waals surface area contributed by atoms with Crippen molar-refractivity contribution in [3.05, 3.63) is 35.7 Å². The van der Waals surface area contributed by atoms with Gasteiger partial charge in [-0.3, -0.25) is 0 Å². The molecule has 0 unspecified atom stereocenters. The highest BCUT2D eigenvalue weighted by atomic mass is 19.1. The summed E-state index contributed by atoms with van der Waals surface area (Å²) < 4.78 is 31.7. The molecule has 1 aliphatic heterocycles. The maximum Gasteiger partial charge on any atom is 0.232 e. The third-order valence-electron chi connectivity index (χ3n) is 3.77. The Bertz CT molecular complexity index is 600. The predicted molar refractivity (Wildman–Crippen MR) is 69.1 cm³/mol. The second kappa shape index (κ2) is 4.94. The molecule has 1 fully saturated rings. The Balaban J connectivity index is 1.93. The van der Waals surface area contributed by atoms with Gasteiger partial charge in [0.25, 0.3) is 0 Å². The fourth-order valence-corrected chi connectivity index (χ4v) is 2.46. The molecule has 106 valence electrons. The quantitative estimate of drug-likeness (QED) is 0.918. The number of piperidine rings is 1. The van der Waals surface area contributed by atoms with Crippen molar-refractivity contribution in [2.45, 2.75) is 25.2 Å². The number of hydrogen-bond donors (Lipinski definition) is 1. The molecule has 1 aliphatic rings. The summed E-state index contributed by atoms with van der Waals surface area (Å²) in [6, 6.07) is 3.21. The molecule has 0 amide bonds. The van der Waals surface area contributed by atoms with Gasteiger partial charge in [0, 0.05) is 17.0 Å². The zero-order valence-corrected chi connectivity index (χ0v) is 11.1. The van der Waals surface area contributed by atoms with E-state index in [1.54, 1.807) is 0 Å². The van der Waals surface area contributed by atoms with E-state index in [4.69, 9.17) is 4.52 Å². The molecule has 0 atom stereocenters. The van der Waals surface area contributed by atoms with Crippen LogP contribution in [0.5, 0.6) is 0 Å². The summed E-state index contributed by atoms with van der Waals surface area (Å²) >= 11 is 0. The number of halogens is 2. The van der Waals surface area contributed by atoms with Gasteiger partial charge in [-0.25, -0.2) is 8.78 Å². The van der Waals surface area contributed by atoms with Gasteiger partial charge in [-0.05, 0) is 38.1 Å². The first-order chi connectivity index (χ1) is 9.57. The monoisotopic (exact) mass is 279 g/mol. The number of nitrogens with one attached hydrogen (secondary N) is 1. The van der Waals surface area contributed by atoms with Gasteiger partial charge >= 0.3 is 0 Å². The molecule has 3 rings (SSSR count). The van der Waals surface area contributed by atoms with E-state index in [1.165, 1.54) is 12.1 Å². The van der Waals surface area contributed by atoms with E-state index in [2.05, 4.69) is 22.4 Å². The second-order valence-electron chi connectivity index (χ2n) is 5.39. The maximum absolute atomic E-state index is 13.2. The smallest absolute Gasteiger partial charge is 0.232 e. The fraction of sp³-hybridized carbons (Fsp3) is 0.429. The first-order valence-corrected chi connectivity index (χ1v) is 6.58. The average molecular weight is 279 g/mol. The van der Waals surface area contributed by atoms with Crippen molar-refractivity contribution >= 4 is 0 Å². The lowest BCUT2D eigenvalue weighted by atomic mass is 9.81. The van der Waals surface area contributed by atoms with Gasteiger partial charge in [-0.1, -0.05) is 12.1 Å².